The number of primary amides is 1. The molecule has 2 heterocycles. The minimum atomic E-state index is -0.602. The lowest BCUT2D eigenvalue weighted by Crippen LogP contribution is -2.35. The van der Waals surface area contributed by atoms with E-state index in [1.165, 1.54) is 33.9 Å². The number of benzene rings is 2. The number of rotatable bonds is 7. The van der Waals surface area contributed by atoms with Gasteiger partial charge in [0.15, 0.2) is 0 Å². The summed E-state index contributed by atoms with van der Waals surface area (Å²) in [4.78, 5) is 41.5. The summed E-state index contributed by atoms with van der Waals surface area (Å²) in [5.74, 6) is -0.602. The van der Waals surface area contributed by atoms with Crippen molar-refractivity contribution in [1.29, 1.82) is 0 Å². The van der Waals surface area contributed by atoms with Crippen molar-refractivity contribution in [3.05, 3.63) is 86.6 Å². The molecule has 0 unspecified atom stereocenters. The summed E-state index contributed by atoms with van der Waals surface area (Å²) in [6.45, 7) is 3.23. The number of nitrogens with two attached hydrogens (primary N) is 1. The topological polar surface area (TPSA) is 101 Å². The fourth-order valence-electron chi connectivity index (χ4n) is 4.04. The van der Waals surface area contributed by atoms with Crippen molar-refractivity contribution in [3.63, 3.8) is 0 Å². The van der Waals surface area contributed by atoms with Crippen LogP contribution in [0.5, 0.6) is 0 Å². The van der Waals surface area contributed by atoms with Gasteiger partial charge in [0.05, 0.1) is 10.9 Å². The van der Waals surface area contributed by atoms with Crippen LogP contribution in [0, 0.1) is 0 Å². The van der Waals surface area contributed by atoms with Crippen LogP contribution in [-0.2, 0) is 6.54 Å². The molecule has 4 rings (SSSR count). The molecule has 160 valence electrons. The number of aromatic amines is 1. The molecule has 2 aromatic carbocycles. The third-order valence-corrected chi connectivity index (χ3v) is 5.81. The Morgan fingerprint density at radius 1 is 1.03 bits per heavy atom. The van der Waals surface area contributed by atoms with E-state index >= 15 is 0 Å². The third kappa shape index (κ3) is 4.67. The van der Waals surface area contributed by atoms with Crippen molar-refractivity contribution in [1.82, 2.24) is 14.5 Å². The number of H-pyrrole nitrogens is 1. The van der Waals surface area contributed by atoms with Gasteiger partial charge in [-0.05, 0) is 55.1 Å². The number of nitrogens with one attached hydrogen (secondary N) is 1. The highest BCUT2D eigenvalue weighted by atomic mass is 16.2. The van der Waals surface area contributed by atoms with Crippen molar-refractivity contribution < 1.29 is 4.79 Å². The number of aromatic nitrogens is 2. The molecule has 0 saturated carbocycles. The van der Waals surface area contributed by atoms with Gasteiger partial charge in [-0.1, -0.05) is 36.4 Å². The van der Waals surface area contributed by atoms with Crippen LogP contribution in [0.3, 0.4) is 0 Å². The van der Waals surface area contributed by atoms with Crippen molar-refractivity contribution in [2.24, 2.45) is 5.73 Å². The number of unbranched alkanes of at least 4 members (excludes halogenated alkanes) is 1. The first-order valence-electron chi connectivity index (χ1n) is 10.6. The molecular formula is C24H26N4O3. The fourth-order valence-corrected chi connectivity index (χ4v) is 4.04. The molecule has 0 atom stereocenters. The molecule has 0 spiro atoms. The summed E-state index contributed by atoms with van der Waals surface area (Å²) in [6.07, 6.45) is 4.96. The van der Waals surface area contributed by atoms with Gasteiger partial charge in [-0.15, -0.1) is 0 Å². The average molecular weight is 418 g/mol. The highest BCUT2D eigenvalue weighted by Gasteiger charge is 2.13. The molecule has 7 nitrogen and oxygen atoms in total. The molecule has 1 aliphatic heterocycles. The molecule has 0 fully saturated rings. The second-order valence-electron chi connectivity index (χ2n) is 7.86. The van der Waals surface area contributed by atoms with Gasteiger partial charge in [0, 0.05) is 25.2 Å². The maximum Gasteiger partial charge on any atom is 0.328 e. The Morgan fingerprint density at radius 2 is 1.81 bits per heavy atom. The monoisotopic (exact) mass is 418 g/mol. The molecule has 0 saturated heterocycles. The summed E-state index contributed by atoms with van der Waals surface area (Å²) in [5, 5.41) is 0.374. The maximum atomic E-state index is 12.7. The van der Waals surface area contributed by atoms with Crippen molar-refractivity contribution in [2.45, 2.75) is 25.8 Å². The number of nitrogens with zero attached hydrogens (tertiary/aromatic N) is 2. The lowest BCUT2D eigenvalue weighted by molar-refractivity contribution is 0.100. The zero-order chi connectivity index (χ0) is 21.8. The van der Waals surface area contributed by atoms with Crippen molar-refractivity contribution in [3.8, 4) is 0 Å². The number of hydrogen-bond donors (Lipinski definition) is 2. The summed E-state index contributed by atoms with van der Waals surface area (Å²) in [6, 6.07) is 14.9. The van der Waals surface area contributed by atoms with E-state index in [0.717, 1.165) is 38.9 Å². The molecule has 31 heavy (non-hydrogen) atoms. The van der Waals surface area contributed by atoms with Crippen LogP contribution in [0.25, 0.3) is 16.5 Å². The van der Waals surface area contributed by atoms with Crippen LogP contribution in [0.2, 0.25) is 0 Å². The number of carbonyl (C=O) groups excluding carboxylic acids is 1. The zero-order valence-corrected chi connectivity index (χ0v) is 17.3. The van der Waals surface area contributed by atoms with Crippen molar-refractivity contribution in [2.75, 3.05) is 19.6 Å². The van der Waals surface area contributed by atoms with Gasteiger partial charge in [-0.3, -0.25) is 19.1 Å². The molecule has 7 heteroatoms. The largest absolute Gasteiger partial charge is 0.366 e. The van der Waals surface area contributed by atoms with E-state index in [4.69, 9.17) is 5.73 Å². The standard InChI is InChI=1S/C24H26N4O3/c25-22(29)19-8-9-20-21(16-19)26-24(31)28(23(20)30)13-5-4-12-27-14-10-18(11-15-27)17-6-2-1-3-7-17/h1-3,6-10,16H,4-5,11-15H2,(H2,25,29)(H,26,31). The molecule has 0 bridgehead atoms. The van der Waals surface area contributed by atoms with Crippen LogP contribution >= 0.6 is 0 Å². The minimum absolute atomic E-state index is 0.256. The summed E-state index contributed by atoms with van der Waals surface area (Å²) < 4.78 is 1.23. The zero-order valence-electron chi connectivity index (χ0n) is 17.3. The van der Waals surface area contributed by atoms with Gasteiger partial charge in [-0.2, -0.15) is 0 Å². The Bertz CT molecular complexity index is 1240. The predicted molar refractivity (Wildman–Crippen MR) is 122 cm³/mol. The third-order valence-electron chi connectivity index (χ3n) is 5.81. The highest BCUT2D eigenvalue weighted by Crippen LogP contribution is 2.22. The molecule has 3 aromatic rings. The molecular weight excluding hydrogens is 392 g/mol. The Morgan fingerprint density at radius 3 is 2.52 bits per heavy atom. The smallest absolute Gasteiger partial charge is 0.328 e. The molecule has 1 aromatic heterocycles. The Kier molecular flexibility index (Phi) is 6.13. The molecule has 1 amide bonds. The van der Waals surface area contributed by atoms with Gasteiger partial charge in [0.1, 0.15) is 0 Å². The second-order valence-corrected chi connectivity index (χ2v) is 7.86. The number of carbonyl (C=O) groups is 1. The van der Waals surface area contributed by atoms with E-state index in [9.17, 15) is 14.4 Å². The number of fused-ring (bicyclic) bond motifs is 1. The Labute approximate surface area is 179 Å². The van der Waals surface area contributed by atoms with E-state index in [0.29, 0.717) is 17.4 Å². The van der Waals surface area contributed by atoms with Crippen LogP contribution < -0.4 is 17.0 Å². The van der Waals surface area contributed by atoms with Gasteiger partial charge in [-0.25, -0.2) is 4.79 Å². The lowest BCUT2D eigenvalue weighted by Gasteiger charge is -2.26. The molecule has 0 radical (unpaired) electrons. The van der Waals surface area contributed by atoms with E-state index in [-0.39, 0.29) is 11.1 Å². The lowest BCUT2D eigenvalue weighted by atomic mass is 9.99. The number of hydrogen-bond acceptors (Lipinski definition) is 4. The normalized spacial score (nSPS) is 14.5. The van der Waals surface area contributed by atoms with E-state index in [1.54, 1.807) is 0 Å². The van der Waals surface area contributed by atoms with E-state index in [2.05, 4.69) is 40.2 Å². The predicted octanol–water partition coefficient (Wildman–Crippen LogP) is 2.36. The fraction of sp³-hybridized carbons (Fsp3) is 0.292. The van der Waals surface area contributed by atoms with Gasteiger partial charge in [0.2, 0.25) is 5.91 Å². The highest BCUT2D eigenvalue weighted by molar-refractivity contribution is 5.96. The first-order chi connectivity index (χ1) is 15.0. The molecule has 1 aliphatic rings. The Hall–Kier alpha value is -3.45. The van der Waals surface area contributed by atoms with E-state index in [1.807, 2.05) is 6.07 Å². The van der Waals surface area contributed by atoms with Crippen LogP contribution in [-0.4, -0.2) is 40.0 Å². The molecule has 0 aliphatic carbocycles. The van der Waals surface area contributed by atoms with E-state index < -0.39 is 11.6 Å². The van der Waals surface area contributed by atoms with Crippen LogP contribution in [0.15, 0.2) is 64.2 Å². The van der Waals surface area contributed by atoms with Crippen LogP contribution in [0.1, 0.15) is 35.2 Å². The summed E-state index contributed by atoms with van der Waals surface area (Å²) in [5.41, 5.74) is 7.73. The maximum absolute atomic E-state index is 12.7. The van der Waals surface area contributed by atoms with Crippen LogP contribution in [0.4, 0.5) is 0 Å². The average Bonchev–Trinajstić information content (AvgIpc) is 2.79. The first-order valence-corrected chi connectivity index (χ1v) is 10.6. The van der Waals surface area contributed by atoms with Gasteiger partial charge in [0.25, 0.3) is 5.56 Å². The second kappa shape index (κ2) is 9.14. The SMILES string of the molecule is NC(=O)c1ccc2c(=O)n(CCCCN3CC=C(c4ccccc4)CC3)c(=O)[nH]c2c1. The van der Waals surface area contributed by atoms with Crippen molar-refractivity contribution >= 4 is 22.4 Å². The van der Waals surface area contributed by atoms with Gasteiger partial charge < -0.3 is 10.7 Å². The number of amides is 1. The quantitative estimate of drug-likeness (QED) is 0.575. The summed E-state index contributed by atoms with van der Waals surface area (Å²) in [7, 11) is 0. The molecule has 3 N–H and O–H groups in total. The van der Waals surface area contributed by atoms with Gasteiger partial charge >= 0.3 is 5.69 Å². The summed E-state index contributed by atoms with van der Waals surface area (Å²) >= 11 is 0. The Balaban J connectivity index is 1.34. The first kappa shape index (κ1) is 20.8. The minimum Gasteiger partial charge on any atom is -0.366 e.